The molecular formula is C12H11ClFN3O2. The highest BCUT2D eigenvalue weighted by Crippen LogP contribution is 2.25. The molecule has 5 nitrogen and oxygen atoms in total. The third kappa shape index (κ3) is 2.53. The third-order valence-corrected chi connectivity index (χ3v) is 2.76. The number of benzene rings is 1. The molecule has 0 aliphatic heterocycles. The molecule has 0 saturated heterocycles. The molecule has 0 amide bonds. The predicted molar refractivity (Wildman–Crippen MR) is 68.9 cm³/mol. The number of carbonyl (C=O) groups excluding carboxylic acids is 1. The Bertz CT molecular complexity index is 627. The summed E-state index contributed by atoms with van der Waals surface area (Å²) >= 11 is 5.95. The van der Waals surface area contributed by atoms with E-state index in [1.165, 1.54) is 29.1 Å². The van der Waals surface area contributed by atoms with E-state index in [9.17, 15) is 9.18 Å². The first kappa shape index (κ1) is 13.4. The van der Waals surface area contributed by atoms with E-state index < -0.39 is 11.8 Å². The van der Waals surface area contributed by atoms with Gasteiger partial charge in [-0.05, 0) is 19.1 Å². The molecule has 2 aromatic rings. The minimum atomic E-state index is -0.584. The largest absolute Gasteiger partial charge is 0.462 e. The van der Waals surface area contributed by atoms with Crippen LogP contribution in [0.2, 0.25) is 5.02 Å². The van der Waals surface area contributed by atoms with Crippen molar-refractivity contribution < 1.29 is 13.9 Å². The van der Waals surface area contributed by atoms with Crippen LogP contribution in [0, 0.1) is 5.82 Å². The minimum Gasteiger partial charge on any atom is -0.462 e. The molecule has 2 rings (SSSR count). The van der Waals surface area contributed by atoms with Gasteiger partial charge in [0, 0.05) is 6.07 Å². The lowest BCUT2D eigenvalue weighted by Crippen LogP contribution is -2.09. The van der Waals surface area contributed by atoms with Gasteiger partial charge >= 0.3 is 5.97 Å². The van der Waals surface area contributed by atoms with Crippen molar-refractivity contribution in [1.82, 2.24) is 9.78 Å². The van der Waals surface area contributed by atoms with Crippen LogP contribution in [-0.2, 0) is 4.74 Å². The number of anilines is 1. The average molecular weight is 284 g/mol. The monoisotopic (exact) mass is 283 g/mol. The fourth-order valence-electron chi connectivity index (χ4n) is 1.56. The zero-order chi connectivity index (χ0) is 14.0. The maximum absolute atomic E-state index is 13.2. The number of aromatic nitrogens is 2. The molecular weight excluding hydrogens is 273 g/mol. The second-order valence-electron chi connectivity index (χ2n) is 3.67. The first-order chi connectivity index (χ1) is 9.04. The third-order valence-electron chi connectivity index (χ3n) is 2.44. The lowest BCUT2D eigenvalue weighted by molar-refractivity contribution is 0.0527. The summed E-state index contributed by atoms with van der Waals surface area (Å²) in [5.74, 6) is -1.02. The Morgan fingerprint density at radius 1 is 1.58 bits per heavy atom. The summed E-state index contributed by atoms with van der Waals surface area (Å²) in [6, 6.07) is 3.79. The molecule has 100 valence electrons. The van der Waals surface area contributed by atoms with Crippen LogP contribution in [0.4, 0.5) is 10.2 Å². The Kier molecular flexibility index (Phi) is 3.71. The van der Waals surface area contributed by atoms with Crippen LogP contribution in [-0.4, -0.2) is 22.4 Å². The standard InChI is InChI=1S/C12H11ClFN3O2/c1-2-19-12(18)8-6-16-17(11(8)15)10-5-7(14)3-4-9(10)13/h3-6H,2,15H2,1H3. The molecule has 0 aliphatic carbocycles. The Labute approximate surface area is 113 Å². The summed E-state index contributed by atoms with van der Waals surface area (Å²) in [6.45, 7) is 1.91. The molecule has 0 saturated carbocycles. The molecule has 0 spiro atoms. The van der Waals surface area contributed by atoms with Crippen LogP contribution in [0.5, 0.6) is 0 Å². The first-order valence-electron chi connectivity index (χ1n) is 5.50. The summed E-state index contributed by atoms with van der Waals surface area (Å²) in [7, 11) is 0. The molecule has 19 heavy (non-hydrogen) atoms. The van der Waals surface area contributed by atoms with Crippen LogP contribution in [0.3, 0.4) is 0 Å². The SMILES string of the molecule is CCOC(=O)c1cnn(-c2cc(F)ccc2Cl)c1N. The molecule has 0 fully saturated rings. The number of rotatable bonds is 3. The summed E-state index contributed by atoms with van der Waals surface area (Å²) < 4.78 is 19.2. The molecule has 0 aliphatic rings. The quantitative estimate of drug-likeness (QED) is 0.878. The van der Waals surface area contributed by atoms with Gasteiger partial charge in [0.1, 0.15) is 17.2 Å². The smallest absolute Gasteiger partial charge is 0.343 e. The fourth-order valence-corrected chi connectivity index (χ4v) is 1.76. The average Bonchev–Trinajstić information content (AvgIpc) is 2.74. The van der Waals surface area contributed by atoms with Crippen LogP contribution in [0.1, 0.15) is 17.3 Å². The summed E-state index contributed by atoms with van der Waals surface area (Å²) in [6.07, 6.45) is 1.26. The number of ether oxygens (including phenoxy) is 1. The number of nitrogens with zero attached hydrogens (tertiary/aromatic N) is 2. The molecule has 1 heterocycles. The molecule has 0 unspecified atom stereocenters. The van der Waals surface area contributed by atoms with Gasteiger partial charge in [0.05, 0.1) is 23.5 Å². The van der Waals surface area contributed by atoms with Crippen molar-refractivity contribution >= 4 is 23.4 Å². The predicted octanol–water partition coefficient (Wildman–Crippen LogP) is 2.42. The fraction of sp³-hybridized carbons (Fsp3) is 0.167. The molecule has 1 aromatic heterocycles. The highest BCUT2D eigenvalue weighted by atomic mass is 35.5. The molecule has 0 radical (unpaired) electrons. The Balaban J connectivity index is 2.47. The van der Waals surface area contributed by atoms with Gasteiger partial charge in [-0.1, -0.05) is 11.6 Å². The number of hydrogen-bond acceptors (Lipinski definition) is 4. The number of hydrogen-bond donors (Lipinski definition) is 1. The number of halogens is 2. The lowest BCUT2D eigenvalue weighted by Gasteiger charge is -2.07. The second-order valence-corrected chi connectivity index (χ2v) is 4.08. The van der Waals surface area contributed by atoms with E-state index >= 15 is 0 Å². The lowest BCUT2D eigenvalue weighted by atomic mass is 10.3. The number of carbonyl (C=O) groups is 1. The van der Waals surface area contributed by atoms with E-state index in [0.717, 1.165) is 0 Å². The highest BCUT2D eigenvalue weighted by molar-refractivity contribution is 6.32. The van der Waals surface area contributed by atoms with E-state index in [4.69, 9.17) is 22.1 Å². The minimum absolute atomic E-state index is 0.0472. The summed E-state index contributed by atoms with van der Waals surface area (Å²) in [5, 5.41) is 4.20. The van der Waals surface area contributed by atoms with E-state index in [2.05, 4.69) is 5.10 Å². The van der Waals surface area contributed by atoms with E-state index in [-0.39, 0.29) is 28.7 Å². The number of nitrogen functional groups attached to an aromatic ring is 1. The topological polar surface area (TPSA) is 70.1 Å². The number of esters is 1. The summed E-state index contributed by atoms with van der Waals surface area (Å²) in [4.78, 5) is 11.6. The zero-order valence-corrected chi connectivity index (χ0v) is 10.8. The maximum Gasteiger partial charge on any atom is 0.343 e. The van der Waals surface area contributed by atoms with Crippen molar-refractivity contribution in [1.29, 1.82) is 0 Å². The van der Waals surface area contributed by atoms with Gasteiger partial charge in [0.25, 0.3) is 0 Å². The van der Waals surface area contributed by atoms with Gasteiger partial charge in [0.2, 0.25) is 0 Å². The summed E-state index contributed by atoms with van der Waals surface area (Å²) in [5.41, 5.74) is 6.18. The Morgan fingerprint density at radius 3 is 3.00 bits per heavy atom. The Hall–Kier alpha value is -2.08. The van der Waals surface area contributed by atoms with Crippen LogP contribution >= 0.6 is 11.6 Å². The van der Waals surface area contributed by atoms with Gasteiger partial charge in [-0.3, -0.25) is 0 Å². The van der Waals surface area contributed by atoms with Crippen molar-refractivity contribution in [3.8, 4) is 5.69 Å². The normalized spacial score (nSPS) is 10.5. The van der Waals surface area contributed by atoms with E-state index in [0.29, 0.717) is 0 Å². The van der Waals surface area contributed by atoms with Gasteiger partial charge in [-0.25, -0.2) is 13.9 Å². The van der Waals surface area contributed by atoms with Crippen LogP contribution in [0.25, 0.3) is 5.69 Å². The molecule has 1 aromatic carbocycles. The van der Waals surface area contributed by atoms with Gasteiger partial charge in [-0.15, -0.1) is 0 Å². The van der Waals surface area contributed by atoms with Crippen molar-refractivity contribution in [3.63, 3.8) is 0 Å². The van der Waals surface area contributed by atoms with Gasteiger partial charge in [-0.2, -0.15) is 5.10 Å². The van der Waals surface area contributed by atoms with Crippen LogP contribution in [0.15, 0.2) is 24.4 Å². The van der Waals surface area contributed by atoms with Crippen molar-refractivity contribution in [2.24, 2.45) is 0 Å². The second kappa shape index (κ2) is 5.27. The van der Waals surface area contributed by atoms with E-state index in [1.54, 1.807) is 6.92 Å². The number of nitrogens with two attached hydrogens (primary N) is 1. The molecule has 0 atom stereocenters. The van der Waals surface area contributed by atoms with Crippen molar-refractivity contribution in [3.05, 3.63) is 40.8 Å². The van der Waals surface area contributed by atoms with Crippen molar-refractivity contribution in [2.75, 3.05) is 12.3 Å². The molecule has 7 heteroatoms. The maximum atomic E-state index is 13.2. The zero-order valence-electron chi connectivity index (χ0n) is 10.1. The Morgan fingerprint density at radius 2 is 2.32 bits per heavy atom. The van der Waals surface area contributed by atoms with Crippen molar-refractivity contribution in [2.45, 2.75) is 6.92 Å². The van der Waals surface area contributed by atoms with Gasteiger partial charge < -0.3 is 10.5 Å². The van der Waals surface area contributed by atoms with E-state index in [1.807, 2.05) is 0 Å². The highest BCUT2D eigenvalue weighted by Gasteiger charge is 2.18. The van der Waals surface area contributed by atoms with Crippen LogP contribution < -0.4 is 5.73 Å². The van der Waals surface area contributed by atoms with Gasteiger partial charge in [0.15, 0.2) is 0 Å². The first-order valence-corrected chi connectivity index (χ1v) is 5.88. The molecule has 0 bridgehead atoms. The molecule has 2 N–H and O–H groups in total.